The van der Waals surface area contributed by atoms with Crippen molar-refractivity contribution in [2.24, 2.45) is 0 Å². The largest absolute Gasteiger partial charge is 0.508 e. The Bertz CT molecular complexity index is 523. The van der Waals surface area contributed by atoms with Crippen molar-refractivity contribution in [1.29, 1.82) is 0 Å². The first kappa shape index (κ1) is 12.2. The van der Waals surface area contributed by atoms with Gasteiger partial charge in [-0.25, -0.2) is 0 Å². The number of rotatable bonds is 4. The molecule has 0 bridgehead atoms. The minimum absolute atomic E-state index is 0.109. The van der Waals surface area contributed by atoms with Crippen molar-refractivity contribution >= 4 is 5.91 Å². The van der Waals surface area contributed by atoms with Gasteiger partial charge >= 0.3 is 0 Å². The predicted molar refractivity (Wildman–Crippen MR) is 66.9 cm³/mol. The predicted octanol–water partition coefficient (Wildman–Crippen LogP) is 1.47. The fourth-order valence-corrected chi connectivity index (χ4v) is 1.63. The number of benzene rings is 1. The zero-order chi connectivity index (χ0) is 13.0. The quantitative estimate of drug-likeness (QED) is 0.857. The monoisotopic (exact) mass is 245 g/mol. The number of aromatic nitrogens is 2. The van der Waals surface area contributed by atoms with Gasteiger partial charge in [0, 0.05) is 18.9 Å². The highest BCUT2D eigenvalue weighted by Crippen LogP contribution is 2.11. The first-order valence-corrected chi connectivity index (χ1v) is 5.71. The van der Waals surface area contributed by atoms with Gasteiger partial charge < -0.3 is 10.4 Å². The van der Waals surface area contributed by atoms with Crippen molar-refractivity contribution in [3.8, 4) is 5.75 Å². The standard InChI is InChI=1S/C13H15N3O2/c1-10(16-7-3-6-15-16)13(18)14-9-11-4-2-5-12(17)8-11/h2-8,10,17H,9H2,1H3,(H,14,18). The first-order valence-electron chi connectivity index (χ1n) is 5.71. The molecule has 18 heavy (non-hydrogen) atoms. The molecule has 0 aliphatic carbocycles. The first-order chi connectivity index (χ1) is 8.66. The van der Waals surface area contributed by atoms with E-state index in [0.29, 0.717) is 6.54 Å². The van der Waals surface area contributed by atoms with Crippen molar-refractivity contribution in [3.05, 3.63) is 48.3 Å². The zero-order valence-corrected chi connectivity index (χ0v) is 10.1. The number of carbonyl (C=O) groups is 1. The van der Waals surface area contributed by atoms with E-state index in [9.17, 15) is 9.90 Å². The number of phenols is 1. The molecule has 2 rings (SSSR count). The van der Waals surface area contributed by atoms with E-state index >= 15 is 0 Å². The Hall–Kier alpha value is -2.30. The van der Waals surface area contributed by atoms with E-state index in [2.05, 4.69) is 10.4 Å². The number of hydrogen-bond donors (Lipinski definition) is 2. The number of hydrogen-bond acceptors (Lipinski definition) is 3. The van der Waals surface area contributed by atoms with Crippen LogP contribution in [-0.4, -0.2) is 20.8 Å². The van der Waals surface area contributed by atoms with Crippen LogP contribution in [-0.2, 0) is 11.3 Å². The van der Waals surface area contributed by atoms with E-state index in [4.69, 9.17) is 0 Å². The van der Waals surface area contributed by atoms with Gasteiger partial charge in [0.05, 0.1) is 0 Å². The lowest BCUT2D eigenvalue weighted by Gasteiger charge is -2.12. The molecule has 2 N–H and O–H groups in total. The maximum absolute atomic E-state index is 11.9. The minimum Gasteiger partial charge on any atom is -0.508 e. The molecular weight excluding hydrogens is 230 g/mol. The molecule has 0 spiro atoms. The smallest absolute Gasteiger partial charge is 0.244 e. The third-order valence-corrected chi connectivity index (χ3v) is 2.68. The summed E-state index contributed by atoms with van der Waals surface area (Å²) in [6.45, 7) is 2.17. The van der Waals surface area contributed by atoms with Crippen LogP contribution >= 0.6 is 0 Å². The van der Waals surface area contributed by atoms with E-state index in [1.165, 1.54) is 0 Å². The molecular formula is C13H15N3O2. The van der Waals surface area contributed by atoms with Crippen LogP contribution in [0.25, 0.3) is 0 Å². The van der Waals surface area contributed by atoms with Crippen LogP contribution in [0.15, 0.2) is 42.7 Å². The van der Waals surface area contributed by atoms with E-state index in [1.54, 1.807) is 48.3 Å². The fourth-order valence-electron chi connectivity index (χ4n) is 1.63. The summed E-state index contributed by atoms with van der Waals surface area (Å²) in [4.78, 5) is 11.9. The Balaban J connectivity index is 1.92. The van der Waals surface area contributed by atoms with E-state index < -0.39 is 0 Å². The van der Waals surface area contributed by atoms with Gasteiger partial charge in [0.25, 0.3) is 0 Å². The Kier molecular flexibility index (Phi) is 3.62. The van der Waals surface area contributed by atoms with Gasteiger partial charge in [0.1, 0.15) is 11.8 Å². The van der Waals surface area contributed by atoms with Gasteiger partial charge in [-0.1, -0.05) is 12.1 Å². The molecule has 0 radical (unpaired) electrons. The van der Waals surface area contributed by atoms with Crippen molar-refractivity contribution in [3.63, 3.8) is 0 Å². The molecule has 2 aromatic rings. The third kappa shape index (κ3) is 2.88. The molecule has 0 saturated heterocycles. The van der Waals surface area contributed by atoms with Crippen LogP contribution < -0.4 is 5.32 Å². The van der Waals surface area contributed by atoms with Crippen LogP contribution in [0.2, 0.25) is 0 Å². The average molecular weight is 245 g/mol. The van der Waals surface area contributed by atoms with Gasteiger partial charge in [-0.3, -0.25) is 9.48 Å². The Morgan fingerprint density at radius 2 is 2.33 bits per heavy atom. The average Bonchev–Trinajstić information content (AvgIpc) is 2.89. The lowest BCUT2D eigenvalue weighted by Crippen LogP contribution is -2.30. The van der Waals surface area contributed by atoms with Crippen molar-refractivity contribution in [2.75, 3.05) is 0 Å². The van der Waals surface area contributed by atoms with Crippen LogP contribution in [0.5, 0.6) is 5.75 Å². The highest BCUT2D eigenvalue weighted by molar-refractivity contribution is 5.79. The van der Waals surface area contributed by atoms with Crippen LogP contribution in [0.4, 0.5) is 0 Å². The third-order valence-electron chi connectivity index (χ3n) is 2.68. The molecule has 0 fully saturated rings. The highest BCUT2D eigenvalue weighted by Gasteiger charge is 2.14. The topological polar surface area (TPSA) is 67.2 Å². The molecule has 1 heterocycles. The Morgan fingerprint density at radius 1 is 1.50 bits per heavy atom. The van der Waals surface area contributed by atoms with Gasteiger partial charge in [-0.05, 0) is 30.7 Å². The maximum Gasteiger partial charge on any atom is 0.244 e. The summed E-state index contributed by atoms with van der Waals surface area (Å²) in [6, 6.07) is 8.24. The van der Waals surface area contributed by atoms with Gasteiger partial charge in [-0.15, -0.1) is 0 Å². The molecule has 1 atom stereocenters. The highest BCUT2D eigenvalue weighted by atomic mass is 16.3. The van der Waals surface area contributed by atoms with Gasteiger partial charge in [-0.2, -0.15) is 5.10 Å². The Morgan fingerprint density at radius 3 is 3.00 bits per heavy atom. The molecule has 0 saturated carbocycles. The number of nitrogens with zero attached hydrogens (tertiary/aromatic N) is 2. The zero-order valence-electron chi connectivity index (χ0n) is 10.1. The van der Waals surface area contributed by atoms with Gasteiger partial charge in [0.15, 0.2) is 0 Å². The lowest BCUT2D eigenvalue weighted by molar-refractivity contribution is -0.124. The second kappa shape index (κ2) is 5.35. The molecule has 5 heteroatoms. The summed E-state index contributed by atoms with van der Waals surface area (Å²) in [7, 11) is 0. The number of nitrogens with one attached hydrogen (secondary N) is 1. The molecule has 0 aliphatic rings. The van der Waals surface area contributed by atoms with E-state index in [0.717, 1.165) is 5.56 Å². The van der Waals surface area contributed by atoms with Crippen molar-refractivity contribution < 1.29 is 9.90 Å². The number of amides is 1. The van der Waals surface area contributed by atoms with Crippen LogP contribution in [0.3, 0.4) is 0 Å². The Labute approximate surface area is 105 Å². The maximum atomic E-state index is 11.9. The van der Waals surface area contributed by atoms with E-state index in [-0.39, 0.29) is 17.7 Å². The van der Waals surface area contributed by atoms with Crippen LogP contribution in [0, 0.1) is 0 Å². The summed E-state index contributed by atoms with van der Waals surface area (Å²) in [5, 5.41) is 16.1. The van der Waals surface area contributed by atoms with Crippen molar-refractivity contribution in [1.82, 2.24) is 15.1 Å². The van der Waals surface area contributed by atoms with Gasteiger partial charge in [0.2, 0.25) is 5.91 Å². The normalized spacial score (nSPS) is 12.1. The molecule has 1 aromatic heterocycles. The minimum atomic E-state index is -0.350. The SMILES string of the molecule is CC(C(=O)NCc1cccc(O)c1)n1cccn1. The summed E-state index contributed by atoms with van der Waals surface area (Å²) in [5.74, 6) is 0.0870. The van der Waals surface area contributed by atoms with E-state index in [1.807, 2.05) is 6.07 Å². The summed E-state index contributed by atoms with van der Waals surface area (Å²) >= 11 is 0. The molecule has 1 unspecified atom stereocenters. The number of aromatic hydroxyl groups is 1. The summed E-state index contributed by atoms with van der Waals surface area (Å²) in [5.41, 5.74) is 0.857. The molecule has 1 aromatic carbocycles. The van der Waals surface area contributed by atoms with Crippen LogP contribution in [0.1, 0.15) is 18.5 Å². The lowest BCUT2D eigenvalue weighted by atomic mass is 10.2. The second-order valence-electron chi connectivity index (χ2n) is 4.05. The second-order valence-corrected chi connectivity index (χ2v) is 4.05. The fraction of sp³-hybridized carbons (Fsp3) is 0.231. The molecule has 5 nitrogen and oxygen atoms in total. The number of phenolic OH excluding ortho intramolecular Hbond substituents is 1. The van der Waals surface area contributed by atoms with Crippen molar-refractivity contribution in [2.45, 2.75) is 19.5 Å². The molecule has 0 aliphatic heterocycles. The summed E-state index contributed by atoms with van der Waals surface area (Å²) in [6.07, 6.45) is 3.39. The summed E-state index contributed by atoms with van der Waals surface area (Å²) < 4.78 is 1.60. The molecule has 94 valence electrons. The number of carbonyl (C=O) groups excluding carboxylic acids is 1. The molecule has 1 amide bonds.